The van der Waals surface area contributed by atoms with E-state index in [2.05, 4.69) is 11.9 Å². The molecule has 18 heavy (non-hydrogen) atoms. The number of nitrogens with one attached hydrogen (secondary N) is 1. The van der Waals surface area contributed by atoms with Crippen molar-refractivity contribution in [2.75, 3.05) is 5.32 Å². The summed E-state index contributed by atoms with van der Waals surface area (Å²) in [5, 5.41) is 11.0. The summed E-state index contributed by atoms with van der Waals surface area (Å²) >= 11 is 5.65. The Balaban J connectivity index is 2.99. The van der Waals surface area contributed by atoms with Gasteiger partial charge in [-0.1, -0.05) is 17.7 Å². The molecule has 7 heteroatoms. The van der Waals surface area contributed by atoms with Crippen molar-refractivity contribution in [3.05, 3.63) is 41.4 Å². The van der Waals surface area contributed by atoms with Crippen LogP contribution >= 0.6 is 11.6 Å². The molecule has 0 aliphatic heterocycles. The first-order valence-electron chi connectivity index (χ1n) is 4.74. The van der Waals surface area contributed by atoms with E-state index < -0.39 is 23.8 Å². The van der Waals surface area contributed by atoms with Crippen molar-refractivity contribution in [2.24, 2.45) is 0 Å². The van der Waals surface area contributed by atoms with Gasteiger partial charge in [-0.15, -0.1) is 6.58 Å². The third kappa shape index (κ3) is 3.40. The molecule has 0 amide bonds. The Hall–Kier alpha value is -1.69. The quantitative estimate of drug-likeness (QED) is 0.831. The minimum absolute atomic E-state index is 0.0944. The van der Waals surface area contributed by atoms with E-state index in [4.69, 9.17) is 16.7 Å². The van der Waals surface area contributed by atoms with Gasteiger partial charge in [0.25, 0.3) is 0 Å². The predicted molar refractivity (Wildman–Crippen MR) is 61.7 cm³/mol. The molecule has 0 saturated carbocycles. The molecule has 1 rings (SSSR count). The summed E-state index contributed by atoms with van der Waals surface area (Å²) in [5.41, 5.74) is -0.805. The number of benzene rings is 1. The molecule has 1 aromatic carbocycles. The topological polar surface area (TPSA) is 49.3 Å². The molecule has 0 fully saturated rings. The number of carboxylic acid groups (broad SMARTS) is 1. The van der Waals surface area contributed by atoms with E-state index in [1.54, 1.807) is 0 Å². The Morgan fingerprint density at radius 3 is 2.50 bits per heavy atom. The van der Waals surface area contributed by atoms with Crippen molar-refractivity contribution in [1.82, 2.24) is 0 Å². The van der Waals surface area contributed by atoms with Crippen molar-refractivity contribution < 1.29 is 23.1 Å². The number of alkyl halides is 3. The normalized spacial score (nSPS) is 12.9. The van der Waals surface area contributed by atoms with Crippen LogP contribution in [0.25, 0.3) is 0 Å². The van der Waals surface area contributed by atoms with Gasteiger partial charge in [-0.05, 0) is 18.2 Å². The van der Waals surface area contributed by atoms with Crippen molar-refractivity contribution in [3.8, 4) is 0 Å². The molecular weight excluding hydrogens is 271 g/mol. The van der Waals surface area contributed by atoms with E-state index in [0.29, 0.717) is 0 Å². The third-order valence-electron chi connectivity index (χ3n) is 2.11. The maximum atomic E-state index is 12.4. The molecule has 0 saturated heterocycles. The maximum Gasteiger partial charge on any atom is 0.416 e. The van der Waals surface area contributed by atoms with Crippen molar-refractivity contribution in [1.29, 1.82) is 0 Å². The Bertz CT molecular complexity index is 474. The van der Waals surface area contributed by atoms with Gasteiger partial charge in [-0.2, -0.15) is 13.2 Å². The minimum atomic E-state index is -4.49. The lowest BCUT2D eigenvalue weighted by Crippen LogP contribution is -2.26. The van der Waals surface area contributed by atoms with Crippen LogP contribution in [0, 0.1) is 0 Å². The number of carboxylic acids is 1. The van der Waals surface area contributed by atoms with Crippen LogP contribution in [-0.4, -0.2) is 17.1 Å². The first-order chi connectivity index (χ1) is 8.25. The summed E-state index contributed by atoms with van der Waals surface area (Å²) < 4.78 is 37.1. The fourth-order valence-electron chi connectivity index (χ4n) is 1.20. The molecule has 0 bridgehead atoms. The highest BCUT2D eigenvalue weighted by atomic mass is 35.5. The highest BCUT2D eigenvalue weighted by molar-refractivity contribution is 6.33. The first-order valence-corrected chi connectivity index (χ1v) is 5.12. The average molecular weight is 280 g/mol. The maximum absolute atomic E-state index is 12.4. The fourth-order valence-corrected chi connectivity index (χ4v) is 1.43. The molecular formula is C11H9ClF3NO2. The Morgan fingerprint density at radius 1 is 1.50 bits per heavy atom. The molecule has 0 radical (unpaired) electrons. The smallest absolute Gasteiger partial charge is 0.416 e. The molecule has 0 aliphatic carbocycles. The van der Waals surface area contributed by atoms with Gasteiger partial charge in [-0.25, -0.2) is 4.79 Å². The van der Waals surface area contributed by atoms with Gasteiger partial charge >= 0.3 is 12.1 Å². The second-order valence-electron chi connectivity index (χ2n) is 3.39. The van der Waals surface area contributed by atoms with Crippen LogP contribution in [-0.2, 0) is 11.0 Å². The Morgan fingerprint density at radius 2 is 2.11 bits per heavy atom. The molecule has 3 nitrogen and oxygen atoms in total. The summed E-state index contributed by atoms with van der Waals surface area (Å²) in [6.07, 6.45) is -3.39. The predicted octanol–water partition coefficient (Wildman–Crippen LogP) is 3.41. The number of rotatable bonds is 4. The van der Waals surface area contributed by atoms with Crippen molar-refractivity contribution >= 4 is 23.3 Å². The van der Waals surface area contributed by atoms with E-state index in [0.717, 1.165) is 24.3 Å². The summed E-state index contributed by atoms with van der Waals surface area (Å²) in [6.45, 7) is 3.30. The standard InChI is InChI=1S/C11H9ClF3NO2/c1-2-8(10(17)18)16-9-4-3-6(5-7(9)12)11(13,14)15/h2-5,8,16H,1H2,(H,17,18). The summed E-state index contributed by atoms with van der Waals surface area (Å²) in [7, 11) is 0. The van der Waals surface area contributed by atoms with E-state index in [9.17, 15) is 18.0 Å². The van der Waals surface area contributed by atoms with Gasteiger partial charge in [0.15, 0.2) is 0 Å². The zero-order valence-electron chi connectivity index (χ0n) is 8.96. The number of carbonyl (C=O) groups is 1. The van der Waals surface area contributed by atoms with E-state index >= 15 is 0 Å². The van der Waals surface area contributed by atoms with Gasteiger partial charge in [0, 0.05) is 0 Å². The van der Waals surface area contributed by atoms with E-state index in [1.165, 1.54) is 0 Å². The van der Waals surface area contributed by atoms with Gasteiger partial charge in [0.05, 0.1) is 16.3 Å². The molecule has 2 N–H and O–H groups in total. The lowest BCUT2D eigenvalue weighted by Gasteiger charge is -2.14. The minimum Gasteiger partial charge on any atom is -0.479 e. The summed E-state index contributed by atoms with van der Waals surface area (Å²) in [5.74, 6) is -1.21. The zero-order chi connectivity index (χ0) is 13.9. The number of hydrogen-bond acceptors (Lipinski definition) is 2. The Kier molecular flexibility index (Phi) is 4.24. The molecule has 98 valence electrons. The van der Waals surface area contributed by atoms with E-state index in [-0.39, 0.29) is 10.7 Å². The molecule has 0 spiro atoms. The molecule has 0 aliphatic rings. The molecule has 0 heterocycles. The average Bonchev–Trinajstić information content (AvgIpc) is 2.25. The van der Waals surface area contributed by atoms with Gasteiger partial charge < -0.3 is 10.4 Å². The summed E-state index contributed by atoms with van der Waals surface area (Å²) in [6, 6.07) is 1.49. The van der Waals surface area contributed by atoms with Crippen molar-refractivity contribution in [2.45, 2.75) is 12.2 Å². The highest BCUT2D eigenvalue weighted by Crippen LogP contribution is 2.33. The lowest BCUT2D eigenvalue weighted by molar-refractivity contribution is -0.138. The SMILES string of the molecule is C=CC(Nc1ccc(C(F)(F)F)cc1Cl)C(=O)O. The number of hydrogen-bond donors (Lipinski definition) is 2. The second kappa shape index (κ2) is 5.30. The van der Waals surface area contributed by atoms with Crippen LogP contribution in [0.5, 0.6) is 0 Å². The molecule has 1 atom stereocenters. The molecule has 1 unspecified atom stereocenters. The lowest BCUT2D eigenvalue weighted by atomic mass is 10.2. The largest absolute Gasteiger partial charge is 0.479 e. The fraction of sp³-hybridized carbons (Fsp3) is 0.182. The first kappa shape index (κ1) is 14.4. The monoisotopic (exact) mass is 279 g/mol. The van der Waals surface area contributed by atoms with Crippen LogP contribution in [0.1, 0.15) is 5.56 Å². The number of aliphatic carboxylic acids is 1. The van der Waals surface area contributed by atoms with Crippen LogP contribution in [0.4, 0.5) is 18.9 Å². The van der Waals surface area contributed by atoms with Crippen LogP contribution in [0.15, 0.2) is 30.9 Å². The highest BCUT2D eigenvalue weighted by Gasteiger charge is 2.31. The van der Waals surface area contributed by atoms with Gasteiger partial charge in [-0.3, -0.25) is 0 Å². The van der Waals surface area contributed by atoms with Gasteiger partial charge in [0.1, 0.15) is 6.04 Å². The summed E-state index contributed by atoms with van der Waals surface area (Å²) in [4.78, 5) is 10.7. The zero-order valence-corrected chi connectivity index (χ0v) is 9.72. The number of anilines is 1. The Labute approximate surface area is 106 Å². The van der Waals surface area contributed by atoms with Crippen LogP contribution in [0.3, 0.4) is 0 Å². The molecule has 0 aromatic heterocycles. The number of halogens is 4. The van der Waals surface area contributed by atoms with Crippen LogP contribution in [0.2, 0.25) is 5.02 Å². The second-order valence-corrected chi connectivity index (χ2v) is 3.80. The van der Waals surface area contributed by atoms with Gasteiger partial charge in [0.2, 0.25) is 0 Å². The van der Waals surface area contributed by atoms with E-state index in [1.807, 2.05) is 0 Å². The third-order valence-corrected chi connectivity index (χ3v) is 2.42. The van der Waals surface area contributed by atoms with Crippen molar-refractivity contribution in [3.63, 3.8) is 0 Å². The molecule has 1 aromatic rings. The van der Waals surface area contributed by atoms with Crippen LogP contribution < -0.4 is 5.32 Å².